The molecular weight excluding hydrogens is 273 g/mol. The smallest absolute Gasteiger partial charge is 0.0603 e. The molecule has 0 radical (unpaired) electrons. The summed E-state index contributed by atoms with van der Waals surface area (Å²) in [6.45, 7) is 2.32. The maximum Gasteiger partial charge on any atom is 0.0603 e. The second-order valence-electron chi connectivity index (χ2n) is 4.56. The van der Waals surface area contributed by atoms with Crippen molar-refractivity contribution in [2.45, 2.75) is 36.0 Å². The monoisotopic (exact) mass is 289 g/mol. The highest BCUT2D eigenvalue weighted by atomic mass is 35.5. The first kappa shape index (κ1) is 13.5. The molecule has 1 saturated carbocycles. The second kappa shape index (κ2) is 5.83. The van der Waals surface area contributed by atoms with Gasteiger partial charge in [0.15, 0.2) is 0 Å². The maximum absolute atomic E-state index is 6.03. The predicted molar refractivity (Wildman–Crippen MR) is 77.4 cm³/mol. The average Bonchev–Trinajstić information content (AvgIpc) is 2.65. The van der Waals surface area contributed by atoms with E-state index in [1.165, 1.54) is 17.7 Å². The third kappa shape index (κ3) is 3.11. The van der Waals surface area contributed by atoms with Gasteiger partial charge in [0.1, 0.15) is 0 Å². The molecule has 1 fully saturated rings. The molecule has 1 aromatic rings. The largest absolute Gasteiger partial charge is 0.317 e. The highest BCUT2D eigenvalue weighted by Gasteiger charge is 2.32. The fourth-order valence-corrected chi connectivity index (χ4v) is 4.13. The van der Waals surface area contributed by atoms with Gasteiger partial charge < -0.3 is 5.32 Å². The third-order valence-electron chi connectivity index (χ3n) is 3.53. The molecule has 94 valence electrons. The molecule has 3 atom stereocenters. The van der Waals surface area contributed by atoms with Gasteiger partial charge in [-0.25, -0.2) is 0 Å². The summed E-state index contributed by atoms with van der Waals surface area (Å²) < 4.78 is 0. The van der Waals surface area contributed by atoms with Crippen molar-refractivity contribution in [3.63, 3.8) is 0 Å². The number of hydrogen-bond acceptors (Lipinski definition) is 2. The van der Waals surface area contributed by atoms with Crippen LogP contribution in [0.15, 0.2) is 23.1 Å². The van der Waals surface area contributed by atoms with Crippen molar-refractivity contribution in [2.24, 2.45) is 5.92 Å². The Labute approximate surface area is 117 Å². The van der Waals surface area contributed by atoms with Gasteiger partial charge in [-0.05, 0) is 44.0 Å². The highest BCUT2D eigenvalue weighted by Crippen LogP contribution is 2.40. The van der Waals surface area contributed by atoms with Crippen molar-refractivity contribution in [1.29, 1.82) is 0 Å². The van der Waals surface area contributed by atoms with Crippen LogP contribution in [-0.2, 0) is 0 Å². The van der Waals surface area contributed by atoms with Gasteiger partial charge in [0.25, 0.3) is 0 Å². The average molecular weight is 290 g/mol. The molecule has 0 aromatic heterocycles. The number of thioether (sulfide) groups is 1. The van der Waals surface area contributed by atoms with Gasteiger partial charge in [0, 0.05) is 16.2 Å². The second-order valence-corrected chi connectivity index (χ2v) is 6.69. The van der Waals surface area contributed by atoms with E-state index in [9.17, 15) is 0 Å². The van der Waals surface area contributed by atoms with E-state index in [2.05, 4.69) is 18.3 Å². The summed E-state index contributed by atoms with van der Waals surface area (Å²) in [5.74, 6) is 0.694. The lowest BCUT2D eigenvalue weighted by atomic mass is 10.1. The summed E-state index contributed by atoms with van der Waals surface area (Å²) >= 11 is 13.9. The molecule has 0 aliphatic heterocycles. The number of nitrogens with one attached hydrogen (secondary N) is 1. The molecule has 0 bridgehead atoms. The van der Waals surface area contributed by atoms with Crippen molar-refractivity contribution in [3.8, 4) is 0 Å². The molecule has 1 aliphatic carbocycles. The molecule has 1 aromatic carbocycles. The van der Waals surface area contributed by atoms with E-state index in [-0.39, 0.29) is 0 Å². The summed E-state index contributed by atoms with van der Waals surface area (Å²) in [6.07, 6.45) is 2.52. The molecule has 1 nitrogen and oxygen atoms in total. The number of hydrogen-bond donors (Lipinski definition) is 1. The van der Waals surface area contributed by atoms with Crippen LogP contribution in [0.1, 0.15) is 19.8 Å². The van der Waals surface area contributed by atoms with Gasteiger partial charge >= 0.3 is 0 Å². The fourth-order valence-electron chi connectivity index (χ4n) is 2.43. The molecule has 0 spiro atoms. The lowest BCUT2D eigenvalue weighted by molar-refractivity contribution is 0.464. The SMILES string of the molecule is CNC1CCC(Sc2ccc(Cl)c(Cl)c2)C1C. The van der Waals surface area contributed by atoms with Gasteiger partial charge in [-0.3, -0.25) is 0 Å². The Morgan fingerprint density at radius 2 is 2.00 bits per heavy atom. The van der Waals surface area contributed by atoms with E-state index >= 15 is 0 Å². The van der Waals surface area contributed by atoms with Crippen LogP contribution in [0.25, 0.3) is 0 Å². The predicted octanol–water partition coefficient (Wildman–Crippen LogP) is 4.47. The van der Waals surface area contributed by atoms with Crippen LogP contribution in [0.5, 0.6) is 0 Å². The lowest BCUT2D eigenvalue weighted by Gasteiger charge is -2.20. The van der Waals surface area contributed by atoms with Crippen molar-refractivity contribution in [1.82, 2.24) is 5.32 Å². The minimum absolute atomic E-state index is 0.628. The van der Waals surface area contributed by atoms with E-state index in [0.717, 1.165) is 0 Å². The first-order valence-corrected chi connectivity index (χ1v) is 7.54. The van der Waals surface area contributed by atoms with Crippen LogP contribution >= 0.6 is 35.0 Å². The zero-order valence-corrected chi connectivity index (χ0v) is 12.4. The molecule has 1 N–H and O–H groups in total. The van der Waals surface area contributed by atoms with Crippen molar-refractivity contribution in [2.75, 3.05) is 7.05 Å². The maximum atomic E-state index is 6.03. The van der Waals surface area contributed by atoms with E-state index < -0.39 is 0 Å². The number of rotatable bonds is 3. The molecule has 4 heteroatoms. The van der Waals surface area contributed by atoms with Crippen LogP contribution in [0.4, 0.5) is 0 Å². The molecule has 0 amide bonds. The topological polar surface area (TPSA) is 12.0 Å². The van der Waals surface area contributed by atoms with Crippen molar-refractivity contribution < 1.29 is 0 Å². The van der Waals surface area contributed by atoms with Crippen LogP contribution in [0, 0.1) is 5.92 Å². The summed E-state index contributed by atoms with van der Waals surface area (Å²) in [7, 11) is 2.05. The molecule has 3 unspecified atom stereocenters. The van der Waals surface area contributed by atoms with Gasteiger partial charge in [0.05, 0.1) is 10.0 Å². The molecule has 17 heavy (non-hydrogen) atoms. The minimum atomic E-state index is 0.628. The zero-order chi connectivity index (χ0) is 12.4. The molecule has 0 saturated heterocycles. The van der Waals surface area contributed by atoms with E-state index in [0.29, 0.717) is 27.3 Å². The molecule has 2 rings (SSSR count). The Morgan fingerprint density at radius 1 is 1.24 bits per heavy atom. The Hall–Kier alpha value is 0.110. The van der Waals surface area contributed by atoms with Crippen LogP contribution in [-0.4, -0.2) is 18.3 Å². The number of benzene rings is 1. The van der Waals surface area contributed by atoms with Crippen LogP contribution < -0.4 is 5.32 Å². The normalized spacial score (nSPS) is 28.6. The Morgan fingerprint density at radius 3 is 2.59 bits per heavy atom. The van der Waals surface area contributed by atoms with Gasteiger partial charge in [-0.2, -0.15) is 0 Å². The quantitative estimate of drug-likeness (QED) is 0.881. The zero-order valence-electron chi connectivity index (χ0n) is 10.0. The Bertz CT molecular complexity index is 397. The Kier molecular flexibility index (Phi) is 4.65. The summed E-state index contributed by atoms with van der Waals surface area (Å²) in [4.78, 5) is 1.22. The molecule has 0 heterocycles. The summed E-state index contributed by atoms with van der Waals surface area (Å²) in [5.41, 5.74) is 0. The molecule has 1 aliphatic rings. The first-order chi connectivity index (χ1) is 8.11. The van der Waals surface area contributed by atoms with Gasteiger partial charge in [-0.1, -0.05) is 30.1 Å². The summed E-state index contributed by atoms with van der Waals surface area (Å²) in [6, 6.07) is 6.54. The standard InChI is InChI=1S/C13H17Cl2NS/c1-8-12(16-2)5-6-13(8)17-9-3-4-10(14)11(15)7-9/h3-4,7-8,12-13,16H,5-6H2,1-2H3. The van der Waals surface area contributed by atoms with Crippen LogP contribution in [0.3, 0.4) is 0 Å². The third-order valence-corrected chi connectivity index (χ3v) is 5.77. The summed E-state index contributed by atoms with van der Waals surface area (Å²) in [5, 5.41) is 5.33. The highest BCUT2D eigenvalue weighted by molar-refractivity contribution is 8.00. The van der Waals surface area contributed by atoms with E-state index in [4.69, 9.17) is 23.2 Å². The molecular formula is C13H17Cl2NS. The van der Waals surface area contributed by atoms with Crippen molar-refractivity contribution >= 4 is 35.0 Å². The number of halogens is 2. The van der Waals surface area contributed by atoms with Gasteiger partial charge in [-0.15, -0.1) is 11.8 Å². The van der Waals surface area contributed by atoms with Crippen LogP contribution in [0.2, 0.25) is 10.0 Å². The first-order valence-electron chi connectivity index (χ1n) is 5.91. The van der Waals surface area contributed by atoms with Crippen molar-refractivity contribution in [3.05, 3.63) is 28.2 Å². The fraction of sp³-hybridized carbons (Fsp3) is 0.538. The lowest BCUT2D eigenvalue weighted by Crippen LogP contribution is -2.29. The minimum Gasteiger partial charge on any atom is -0.317 e. The van der Waals surface area contributed by atoms with Gasteiger partial charge in [0.2, 0.25) is 0 Å². The van der Waals surface area contributed by atoms with E-state index in [1.54, 1.807) is 0 Å². The Balaban J connectivity index is 2.04. The van der Waals surface area contributed by atoms with E-state index in [1.807, 2.05) is 30.9 Å².